The van der Waals surface area contributed by atoms with Crippen LogP contribution in [0.5, 0.6) is 0 Å². The van der Waals surface area contributed by atoms with Crippen molar-refractivity contribution in [3.8, 4) is 0 Å². The van der Waals surface area contributed by atoms with Crippen LogP contribution in [0, 0.1) is 0 Å². The summed E-state index contributed by atoms with van der Waals surface area (Å²) >= 11 is 0. The van der Waals surface area contributed by atoms with Crippen molar-refractivity contribution < 1.29 is 14.7 Å². The first-order valence-corrected chi connectivity index (χ1v) is 9.22. The molecule has 0 fully saturated rings. The van der Waals surface area contributed by atoms with Gasteiger partial charge in [-0.25, -0.2) is 4.79 Å². The van der Waals surface area contributed by atoms with Gasteiger partial charge in [-0.3, -0.25) is 9.78 Å². The number of nitrogens with one attached hydrogen (secondary N) is 2. The van der Waals surface area contributed by atoms with Crippen molar-refractivity contribution in [2.24, 2.45) is 0 Å². The van der Waals surface area contributed by atoms with E-state index in [-0.39, 0.29) is 5.91 Å². The Bertz CT molecular complexity index is 483. The van der Waals surface area contributed by atoms with Crippen molar-refractivity contribution in [3.05, 3.63) is 36.2 Å². The number of rotatable bonds is 10. The zero-order valence-corrected chi connectivity index (χ0v) is 13.7. The molecule has 1 rings (SSSR count). The summed E-state index contributed by atoms with van der Waals surface area (Å²) in [5.74, 6) is 1.48. The molecule has 120 valence electrons. The summed E-state index contributed by atoms with van der Waals surface area (Å²) in [4.78, 5) is 25.8. The topological polar surface area (TPSA) is 91.3 Å². The second-order valence-electron chi connectivity index (χ2n) is 4.12. The van der Waals surface area contributed by atoms with Gasteiger partial charge in [-0.1, -0.05) is 39.8 Å². The minimum absolute atomic E-state index is 0.0155. The summed E-state index contributed by atoms with van der Waals surface area (Å²) in [6.07, 6.45) is 6.46. The Labute approximate surface area is 137 Å². The lowest BCUT2D eigenvalue weighted by Crippen LogP contribution is -2.25. The maximum atomic E-state index is 11.6. The van der Waals surface area contributed by atoms with Crippen LogP contribution >= 0.6 is 21.6 Å². The minimum atomic E-state index is -1.00. The number of aromatic nitrogens is 1. The molecule has 2 amide bonds. The molecular weight excluding hydrogens is 322 g/mol. The normalized spacial score (nSPS) is 10.5. The van der Waals surface area contributed by atoms with Gasteiger partial charge >= 0.3 is 6.09 Å². The van der Waals surface area contributed by atoms with Crippen molar-refractivity contribution >= 4 is 39.7 Å². The number of hydrogen-bond acceptors (Lipinski definition) is 5. The molecule has 22 heavy (non-hydrogen) atoms. The maximum absolute atomic E-state index is 11.6. The monoisotopic (exact) mass is 341 g/mol. The first-order valence-electron chi connectivity index (χ1n) is 6.73. The third-order valence-electron chi connectivity index (χ3n) is 2.35. The van der Waals surface area contributed by atoms with Gasteiger partial charge in [-0.05, 0) is 11.6 Å². The molecule has 1 aromatic rings. The summed E-state index contributed by atoms with van der Waals surface area (Å²) in [6.45, 7) is 1.03. The second kappa shape index (κ2) is 11.9. The van der Waals surface area contributed by atoms with E-state index in [1.807, 2.05) is 24.3 Å². The van der Waals surface area contributed by atoms with Gasteiger partial charge in [0.05, 0.1) is 0 Å². The van der Waals surface area contributed by atoms with E-state index in [9.17, 15) is 9.59 Å². The Hall–Kier alpha value is -1.67. The summed E-state index contributed by atoms with van der Waals surface area (Å²) in [6, 6.07) is 3.77. The Morgan fingerprint density at radius 1 is 1.23 bits per heavy atom. The van der Waals surface area contributed by atoms with Crippen LogP contribution in [0.1, 0.15) is 12.0 Å². The lowest BCUT2D eigenvalue weighted by Gasteiger charge is -2.03. The van der Waals surface area contributed by atoms with Gasteiger partial charge in [0.25, 0.3) is 0 Å². The molecule has 0 radical (unpaired) electrons. The van der Waals surface area contributed by atoms with Gasteiger partial charge < -0.3 is 15.7 Å². The first kappa shape index (κ1) is 18.4. The second-order valence-corrected chi connectivity index (χ2v) is 6.82. The van der Waals surface area contributed by atoms with Crippen LogP contribution in [0.25, 0.3) is 6.08 Å². The van der Waals surface area contributed by atoms with Crippen molar-refractivity contribution in [1.82, 2.24) is 15.6 Å². The average molecular weight is 341 g/mol. The van der Waals surface area contributed by atoms with Crippen LogP contribution in [0.2, 0.25) is 0 Å². The van der Waals surface area contributed by atoms with E-state index in [1.165, 1.54) is 0 Å². The Balaban J connectivity index is 1.97. The molecule has 3 N–H and O–H groups in total. The predicted molar refractivity (Wildman–Crippen MR) is 91.8 cm³/mol. The molecule has 0 unspecified atom stereocenters. The number of hydrogen-bond donors (Lipinski definition) is 3. The number of nitrogens with zero attached hydrogens (tertiary/aromatic N) is 1. The van der Waals surface area contributed by atoms with E-state index < -0.39 is 6.09 Å². The quantitative estimate of drug-likeness (QED) is 0.447. The highest BCUT2D eigenvalue weighted by atomic mass is 33.1. The molecule has 6 nitrogen and oxygen atoms in total. The van der Waals surface area contributed by atoms with Gasteiger partial charge in [-0.2, -0.15) is 0 Å². The molecule has 0 aliphatic heterocycles. The van der Waals surface area contributed by atoms with Crippen LogP contribution in [0.4, 0.5) is 4.79 Å². The maximum Gasteiger partial charge on any atom is 0.404 e. The van der Waals surface area contributed by atoms with Crippen molar-refractivity contribution in [2.45, 2.75) is 6.42 Å². The van der Waals surface area contributed by atoms with Gasteiger partial charge in [0, 0.05) is 43.4 Å². The van der Waals surface area contributed by atoms with Gasteiger partial charge in [-0.15, -0.1) is 0 Å². The molecule has 0 atom stereocenters. The molecule has 0 spiro atoms. The Kier molecular flexibility index (Phi) is 9.97. The zero-order chi connectivity index (χ0) is 16.0. The number of carbonyl (C=O) groups excluding carboxylic acids is 1. The SMILES string of the molecule is O=C(O)NCCSSCCNC(=O)CC=Cc1cccnc1. The molecule has 1 heterocycles. The number of carbonyl (C=O) groups is 2. The molecule has 0 saturated carbocycles. The van der Waals surface area contributed by atoms with E-state index in [2.05, 4.69) is 15.6 Å². The van der Waals surface area contributed by atoms with E-state index in [0.717, 1.165) is 11.3 Å². The van der Waals surface area contributed by atoms with E-state index in [1.54, 1.807) is 34.0 Å². The molecular formula is C14H19N3O3S2. The zero-order valence-electron chi connectivity index (χ0n) is 12.0. The largest absolute Gasteiger partial charge is 0.465 e. The van der Waals surface area contributed by atoms with Crippen LogP contribution in [0.3, 0.4) is 0 Å². The first-order chi connectivity index (χ1) is 10.7. The highest BCUT2D eigenvalue weighted by Gasteiger charge is 1.98. The average Bonchev–Trinajstić information content (AvgIpc) is 2.50. The van der Waals surface area contributed by atoms with Crippen LogP contribution < -0.4 is 10.6 Å². The lowest BCUT2D eigenvalue weighted by atomic mass is 10.2. The van der Waals surface area contributed by atoms with Gasteiger partial charge in [0.15, 0.2) is 0 Å². The fourth-order valence-electron chi connectivity index (χ4n) is 1.40. The summed E-state index contributed by atoms with van der Waals surface area (Å²) in [7, 11) is 3.19. The van der Waals surface area contributed by atoms with Crippen LogP contribution in [-0.2, 0) is 4.79 Å². The number of pyridine rings is 1. The molecule has 0 aromatic carbocycles. The fraction of sp³-hybridized carbons (Fsp3) is 0.357. The summed E-state index contributed by atoms with van der Waals surface area (Å²) in [5.41, 5.74) is 0.970. The van der Waals surface area contributed by atoms with E-state index in [0.29, 0.717) is 25.3 Å². The minimum Gasteiger partial charge on any atom is -0.465 e. The van der Waals surface area contributed by atoms with Gasteiger partial charge in [0.2, 0.25) is 5.91 Å². The number of carboxylic acid groups (broad SMARTS) is 1. The fourth-order valence-corrected chi connectivity index (χ4v) is 3.21. The standard InChI is InChI=1S/C14H19N3O3S2/c18-13(5-1-3-12-4-2-6-15-11-12)16-7-9-21-22-10-8-17-14(19)20/h1-4,6,11,17H,5,7-10H2,(H,16,18)(H,19,20). The highest BCUT2D eigenvalue weighted by molar-refractivity contribution is 8.76. The van der Waals surface area contributed by atoms with Gasteiger partial charge in [0.1, 0.15) is 0 Å². The molecule has 0 aliphatic carbocycles. The Morgan fingerprint density at radius 2 is 1.95 bits per heavy atom. The summed E-state index contributed by atoms with van der Waals surface area (Å²) < 4.78 is 0. The lowest BCUT2D eigenvalue weighted by molar-refractivity contribution is -0.120. The summed E-state index contributed by atoms with van der Waals surface area (Å²) in [5, 5.41) is 13.5. The molecule has 0 saturated heterocycles. The third kappa shape index (κ3) is 10.1. The molecule has 8 heteroatoms. The molecule has 0 aliphatic rings. The molecule has 0 bridgehead atoms. The predicted octanol–water partition coefficient (Wildman–Crippen LogP) is 2.25. The highest BCUT2D eigenvalue weighted by Crippen LogP contribution is 2.19. The Morgan fingerprint density at radius 3 is 2.59 bits per heavy atom. The van der Waals surface area contributed by atoms with Crippen molar-refractivity contribution in [2.75, 3.05) is 24.6 Å². The van der Waals surface area contributed by atoms with Crippen LogP contribution in [-0.4, -0.2) is 46.7 Å². The molecule has 1 aromatic heterocycles. The number of amides is 2. The smallest absolute Gasteiger partial charge is 0.404 e. The van der Waals surface area contributed by atoms with Crippen molar-refractivity contribution in [3.63, 3.8) is 0 Å². The van der Waals surface area contributed by atoms with E-state index in [4.69, 9.17) is 5.11 Å². The van der Waals surface area contributed by atoms with Crippen LogP contribution in [0.15, 0.2) is 30.6 Å². The van der Waals surface area contributed by atoms with E-state index >= 15 is 0 Å². The van der Waals surface area contributed by atoms with Crippen molar-refractivity contribution in [1.29, 1.82) is 0 Å². The third-order valence-corrected chi connectivity index (χ3v) is 4.76.